The third-order valence-electron chi connectivity index (χ3n) is 2.99. The van der Waals surface area contributed by atoms with Crippen molar-refractivity contribution in [2.75, 3.05) is 5.43 Å². The van der Waals surface area contributed by atoms with Crippen molar-refractivity contribution in [2.45, 2.75) is 19.7 Å². The predicted octanol–water partition coefficient (Wildman–Crippen LogP) is 2.45. The van der Waals surface area contributed by atoms with E-state index in [1.165, 1.54) is 12.4 Å². The Morgan fingerprint density at radius 2 is 2.00 bits per heavy atom. The first-order valence-electron chi connectivity index (χ1n) is 6.43. The van der Waals surface area contributed by atoms with Crippen LogP contribution in [0.5, 0.6) is 5.75 Å². The topological polar surface area (TPSA) is 90.6 Å². The smallest absolute Gasteiger partial charge is 0.417 e. The Hall–Kier alpha value is -2.68. The third kappa shape index (κ3) is 3.95. The largest absolute Gasteiger partial charge is 0.505 e. The van der Waals surface area contributed by atoms with Crippen molar-refractivity contribution >= 4 is 12.0 Å². The van der Waals surface area contributed by atoms with Crippen LogP contribution in [-0.2, 0) is 12.8 Å². The molecular formula is C14H13F3N4O2. The number of hydrazone groups is 1. The van der Waals surface area contributed by atoms with Gasteiger partial charge in [-0.25, -0.2) is 4.98 Å². The highest BCUT2D eigenvalue weighted by Gasteiger charge is 2.30. The van der Waals surface area contributed by atoms with Crippen molar-refractivity contribution < 1.29 is 23.4 Å². The molecule has 0 aliphatic heterocycles. The number of nitrogens with one attached hydrogen (secondary N) is 1. The fourth-order valence-electron chi connectivity index (χ4n) is 1.71. The van der Waals surface area contributed by atoms with Crippen LogP contribution in [0.15, 0.2) is 29.6 Å². The van der Waals surface area contributed by atoms with Crippen LogP contribution in [-0.4, -0.2) is 26.4 Å². The Morgan fingerprint density at radius 3 is 2.57 bits per heavy atom. The van der Waals surface area contributed by atoms with E-state index in [4.69, 9.17) is 0 Å². The summed E-state index contributed by atoms with van der Waals surface area (Å²) in [7, 11) is 0. The average molecular weight is 326 g/mol. The maximum absolute atomic E-state index is 12.4. The molecule has 0 saturated heterocycles. The van der Waals surface area contributed by atoms with Gasteiger partial charge < -0.3 is 10.2 Å². The molecule has 9 heteroatoms. The van der Waals surface area contributed by atoms with Crippen molar-refractivity contribution in [3.8, 4) is 5.75 Å². The lowest BCUT2D eigenvalue weighted by atomic mass is 10.1. The number of pyridine rings is 2. The molecule has 0 aliphatic carbocycles. The second-order valence-corrected chi connectivity index (χ2v) is 4.59. The molecule has 6 nitrogen and oxygen atoms in total. The van der Waals surface area contributed by atoms with E-state index < -0.39 is 11.7 Å². The van der Waals surface area contributed by atoms with Gasteiger partial charge in [0.2, 0.25) is 0 Å². The number of aryl methyl sites for hydroxylation is 1. The first kappa shape index (κ1) is 16.7. The van der Waals surface area contributed by atoms with Gasteiger partial charge in [0, 0.05) is 23.5 Å². The molecule has 2 rings (SSSR count). The number of anilines is 1. The van der Waals surface area contributed by atoms with Gasteiger partial charge in [0.25, 0.3) is 0 Å². The highest BCUT2D eigenvalue weighted by molar-refractivity contribution is 5.86. The molecule has 0 radical (unpaired) electrons. The van der Waals surface area contributed by atoms with Crippen LogP contribution in [0.3, 0.4) is 0 Å². The number of hydrogen-bond acceptors (Lipinski definition) is 6. The zero-order valence-corrected chi connectivity index (χ0v) is 12.0. The molecule has 0 aliphatic rings. The molecular weight excluding hydrogens is 313 g/mol. The van der Waals surface area contributed by atoms with Gasteiger partial charge in [-0.1, -0.05) is 0 Å². The molecule has 0 atom stereocenters. The number of hydrogen-bond donors (Lipinski definition) is 3. The number of aliphatic hydroxyl groups is 1. The number of aromatic hydroxyl groups is 1. The highest BCUT2D eigenvalue weighted by atomic mass is 19.4. The summed E-state index contributed by atoms with van der Waals surface area (Å²) in [5, 5.41) is 22.9. The molecule has 122 valence electrons. The van der Waals surface area contributed by atoms with Gasteiger partial charge in [-0.2, -0.15) is 18.3 Å². The van der Waals surface area contributed by atoms with Gasteiger partial charge in [0.05, 0.1) is 24.1 Å². The molecule has 0 fully saturated rings. The summed E-state index contributed by atoms with van der Waals surface area (Å²) in [5.74, 6) is -0.0347. The van der Waals surface area contributed by atoms with Gasteiger partial charge in [-0.15, -0.1) is 0 Å². The van der Waals surface area contributed by atoms with E-state index >= 15 is 0 Å². The summed E-state index contributed by atoms with van der Waals surface area (Å²) in [6.07, 6.45) is -1.14. The van der Waals surface area contributed by atoms with Crippen LogP contribution < -0.4 is 5.43 Å². The van der Waals surface area contributed by atoms with Crippen LogP contribution >= 0.6 is 0 Å². The Morgan fingerprint density at radius 1 is 1.26 bits per heavy atom. The van der Waals surface area contributed by atoms with E-state index in [1.54, 1.807) is 6.92 Å². The zero-order valence-electron chi connectivity index (χ0n) is 12.0. The van der Waals surface area contributed by atoms with Gasteiger partial charge in [-0.3, -0.25) is 10.4 Å². The Labute approximate surface area is 129 Å². The van der Waals surface area contributed by atoms with E-state index in [-0.39, 0.29) is 23.7 Å². The fourth-order valence-corrected chi connectivity index (χ4v) is 1.71. The van der Waals surface area contributed by atoms with Gasteiger partial charge in [0.15, 0.2) is 0 Å². The SMILES string of the molecule is Cc1ncc(CO)c(C=NNc2ccc(C(F)(F)F)cn2)c1O. The maximum Gasteiger partial charge on any atom is 0.417 e. The lowest BCUT2D eigenvalue weighted by molar-refractivity contribution is -0.137. The number of halogens is 3. The average Bonchev–Trinajstić information content (AvgIpc) is 2.51. The van der Waals surface area contributed by atoms with E-state index in [0.29, 0.717) is 17.5 Å². The number of rotatable bonds is 4. The first-order valence-corrected chi connectivity index (χ1v) is 6.43. The molecule has 0 amide bonds. The minimum Gasteiger partial charge on any atom is -0.505 e. The lowest BCUT2D eigenvalue weighted by Crippen LogP contribution is -2.06. The zero-order chi connectivity index (χ0) is 17.0. The standard InChI is InChI=1S/C14H13F3N4O2/c1-8-13(23)11(9(7-22)4-18-8)6-20-21-12-3-2-10(5-19-12)14(15,16)17/h2-6,22-23H,7H2,1H3,(H,19,21). The highest BCUT2D eigenvalue weighted by Crippen LogP contribution is 2.28. The second kappa shape index (κ2) is 6.61. The molecule has 0 spiro atoms. The maximum atomic E-state index is 12.4. The normalized spacial score (nSPS) is 11.9. The van der Waals surface area contributed by atoms with Gasteiger partial charge in [0.1, 0.15) is 11.6 Å². The summed E-state index contributed by atoms with van der Waals surface area (Å²) in [4.78, 5) is 7.49. The number of alkyl halides is 3. The van der Waals surface area contributed by atoms with Gasteiger partial charge in [-0.05, 0) is 19.1 Å². The molecule has 23 heavy (non-hydrogen) atoms. The predicted molar refractivity (Wildman–Crippen MR) is 77.0 cm³/mol. The molecule has 3 N–H and O–H groups in total. The molecule has 0 saturated carbocycles. The van der Waals surface area contributed by atoms with Crippen LogP contribution in [0.4, 0.5) is 19.0 Å². The molecule has 2 aromatic heterocycles. The van der Waals surface area contributed by atoms with E-state index in [2.05, 4.69) is 20.5 Å². The lowest BCUT2D eigenvalue weighted by Gasteiger charge is -2.08. The van der Waals surface area contributed by atoms with Crippen molar-refractivity contribution in [1.29, 1.82) is 0 Å². The molecule has 0 bridgehead atoms. The van der Waals surface area contributed by atoms with Crippen LogP contribution in [0.25, 0.3) is 0 Å². The Balaban J connectivity index is 2.15. The molecule has 2 heterocycles. The van der Waals surface area contributed by atoms with Crippen molar-refractivity contribution in [1.82, 2.24) is 9.97 Å². The first-order chi connectivity index (χ1) is 10.8. The summed E-state index contributed by atoms with van der Waals surface area (Å²) >= 11 is 0. The summed E-state index contributed by atoms with van der Waals surface area (Å²) in [6.45, 7) is 1.24. The van der Waals surface area contributed by atoms with E-state index in [9.17, 15) is 23.4 Å². The van der Waals surface area contributed by atoms with Crippen LogP contribution in [0.2, 0.25) is 0 Å². The summed E-state index contributed by atoms with van der Waals surface area (Å²) in [6, 6.07) is 2.00. The van der Waals surface area contributed by atoms with E-state index in [1.807, 2.05) is 0 Å². The van der Waals surface area contributed by atoms with Crippen molar-refractivity contribution in [2.24, 2.45) is 5.10 Å². The third-order valence-corrected chi connectivity index (χ3v) is 2.99. The minimum absolute atomic E-state index is 0.102. The molecule has 2 aromatic rings. The molecule has 0 unspecified atom stereocenters. The van der Waals surface area contributed by atoms with E-state index in [0.717, 1.165) is 12.1 Å². The quantitative estimate of drug-likeness (QED) is 0.593. The van der Waals surface area contributed by atoms with Gasteiger partial charge >= 0.3 is 6.18 Å². The number of nitrogens with zero attached hydrogens (tertiary/aromatic N) is 3. The van der Waals surface area contributed by atoms with Crippen LogP contribution in [0, 0.1) is 6.92 Å². The number of aromatic nitrogens is 2. The summed E-state index contributed by atoms with van der Waals surface area (Å²) in [5.41, 5.74) is 2.56. The van der Waals surface area contributed by atoms with Crippen molar-refractivity contribution in [3.63, 3.8) is 0 Å². The van der Waals surface area contributed by atoms with Crippen LogP contribution in [0.1, 0.15) is 22.4 Å². The monoisotopic (exact) mass is 326 g/mol. The second-order valence-electron chi connectivity index (χ2n) is 4.59. The Bertz CT molecular complexity index is 715. The fraction of sp³-hybridized carbons (Fsp3) is 0.214. The summed E-state index contributed by atoms with van der Waals surface area (Å²) < 4.78 is 37.2. The Kier molecular flexibility index (Phi) is 4.80. The van der Waals surface area contributed by atoms with Crippen molar-refractivity contribution in [3.05, 3.63) is 46.9 Å². The molecule has 0 aromatic carbocycles. The number of aliphatic hydroxyl groups excluding tert-OH is 1. The minimum atomic E-state index is -4.45.